The number of nitrogens with zero attached hydrogens (tertiary/aromatic N) is 1. The predicted octanol–water partition coefficient (Wildman–Crippen LogP) is -0.344. The number of thioether (sulfide) groups is 1. The van der Waals surface area contributed by atoms with Crippen molar-refractivity contribution in [3.8, 4) is 0 Å². The summed E-state index contributed by atoms with van der Waals surface area (Å²) in [6, 6.07) is 3.11. The molecular formula is C22H23F3N4O12S. The van der Waals surface area contributed by atoms with Crippen molar-refractivity contribution in [3.05, 3.63) is 41.3 Å². The number of methoxy groups -OCH3 is 1. The second kappa shape index (κ2) is 13.9. The molecule has 0 bridgehead atoms. The van der Waals surface area contributed by atoms with E-state index in [-0.39, 0.29) is 28.5 Å². The Morgan fingerprint density at radius 2 is 1.81 bits per heavy atom. The van der Waals surface area contributed by atoms with Crippen LogP contribution >= 0.6 is 11.8 Å². The number of anilines is 1. The zero-order chi connectivity index (χ0) is 31.9. The third kappa shape index (κ3) is 8.24. The molecule has 2 heterocycles. The Kier molecular flexibility index (Phi) is 11.1. The number of carboxylic acids is 3. The molecule has 2 aliphatic rings. The molecule has 0 saturated carbocycles. The molecule has 0 radical (unpaired) electrons. The average molecular weight is 625 g/mol. The Morgan fingerprint density at radius 1 is 1.19 bits per heavy atom. The largest absolute Gasteiger partial charge is 0.498 e. The summed E-state index contributed by atoms with van der Waals surface area (Å²) in [7, 11) is 1.30. The lowest BCUT2D eigenvalue weighted by Crippen LogP contribution is -2.70. The number of aliphatic hydroxyl groups is 1. The summed E-state index contributed by atoms with van der Waals surface area (Å²) >= 11 is 1.20. The number of amides is 3. The zero-order valence-electron chi connectivity index (χ0n) is 21.2. The molecule has 3 amide bonds. The molecule has 230 valence electrons. The first kappa shape index (κ1) is 33.6. The number of alkyl halides is 3. The maximum atomic E-state index is 12.6. The van der Waals surface area contributed by atoms with E-state index in [9.17, 15) is 47.4 Å². The van der Waals surface area contributed by atoms with E-state index in [1.54, 1.807) is 0 Å². The van der Waals surface area contributed by atoms with Crippen molar-refractivity contribution in [2.45, 2.75) is 29.7 Å². The molecule has 4 atom stereocenters. The lowest BCUT2D eigenvalue weighted by atomic mass is 10.0. The molecule has 42 heavy (non-hydrogen) atoms. The summed E-state index contributed by atoms with van der Waals surface area (Å²) in [5, 5.41) is 39.8. The van der Waals surface area contributed by atoms with E-state index in [4.69, 9.17) is 30.2 Å². The van der Waals surface area contributed by atoms with Crippen LogP contribution in [0.2, 0.25) is 0 Å². The number of aliphatic hydroxyl groups excluding tert-OH is 1. The number of nitrogens with one attached hydrogen (secondary N) is 2. The van der Waals surface area contributed by atoms with Gasteiger partial charge < -0.3 is 41.0 Å². The van der Waals surface area contributed by atoms with Crippen LogP contribution in [0, 0.1) is 0 Å². The van der Waals surface area contributed by atoms with Crippen LogP contribution in [0.5, 0.6) is 0 Å². The normalized spacial score (nSPS) is 19.1. The Bertz CT molecular complexity index is 1290. The van der Waals surface area contributed by atoms with E-state index in [1.807, 2.05) is 0 Å². The SMILES string of the molecule is COC1=C(C(=O)O)N2C(=O)[C@@H](NC(=O)[C@H](O)c3cccc(NC(=O)OC[C@@H](N)C(=O)O)c3)[C@H]2SC1.O=C(O)C(F)(F)F. The first-order valence-corrected chi connectivity index (χ1v) is 12.3. The van der Waals surface area contributed by atoms with Gasteiger partial charge in [-0.05, 0) is 17.7 Å². The third-order valence-electron chi connectivity index (χ3n) is 5.33. The van der Waals surface area contributed by atoms with Crippen LogP contribution in [-0.4, -0.2) is 104 Å². The highest BCUT2D eigenvalue weighted by atomic mass is 32.2. The minimum Gasteiger partial charge on any atom is -0.498 e. The predicted molar refractivity (Wildman–Crippen MR) is 132 cm³/mol. The highest BCUT2D eigenvalue weighted by Crippen LogP contribution is 2.40. The summed E-state index contributed by atoms with van der Waals surface area (Å²) in [5.41, 5.74) is 5.18. The van der Waals surface area contributed by atoms with Gasteiger partial charge in [0.25, 0.3) is 11.8 Å². The number of carbonyl (C=O) groups excluding carboxylic acids is 3. The molecule has 1 saturated heterocycles. The van der Waals surface area contributed by atoms with Gasteiger partial charge in [0.2, 0.25) is 0 Å². The number of hydrogen-bond donors (Lipinski definition) is 7. The molecule has 8 N–H and O–H groups in total. The van der Waals surface area contributed by atoms with Gasteiger partial charge >= 0.3 is 30.2 Å². The van der Waals surface area contributed by atoms with Crippen molar-refractivity contribution in [2.75, 3.05) is 24.8 Å². The van der Waals surface area contributed by atoms with E-state index in [0.717, 1.165) is 4.90 Å². The van der Waals surface area contributed by atoms with Crippen molar-refractivity contribution in [1.82, 2.24) is 10.2 Å². The van der Waals surface area contributed by atoms with Crippen LogP contribution in [0.15, 0.2) is 35.7 Å². The first-order valence-electron chi connectivity index (χ1n) is 11.2. The van der Waals surface area contributed by atoms with Gasteiger partial charge in [-0.15, -0.1) is 11.8 Å². The molecule has 1 aromatic rings. The number of ether oxygens (including phenoxy) is 2. The van der Waals surface area contributed by atoms with Gasteiger partial charge in [0, 0.05) is 5.69 Å². The number of β-lactam (4-membered cyclic amide) rings is 1. The van der Waals surface area contributed by atoms with E-state index >= 15 is 0 Å². The van der Waals surface area contributed by atoms with Crippen LogP contribution in [0.4, 0.5) is 23.7 Å². The lowest BCUT2D eigenvalue weighted by molar-refractivity contribution is -0.192. The number of carbonyl (C=O) groups is 6. The van der Waals surface area contributed by atoms with Crippen molar-refractivity contribution >= 4 is 53.3 Å². The first-order chi connectivity index (χ1) is 19.5. The molecule has 20 heteroatoms. The fourth-order valence-electron chi connectivity index (χ4n) is 3.31. The fraction of sp³-hybridized carbons (Fsp3) is 0.364. The quantitative estimate of drug-likeness (QED) is 0.174. The lowest BCUT2D eigenvalue weighted by Gasteiger charge is -2.49. The van der Waals surface area contributed by atoms with E-state index in [1.165, 1.54) is 43.1 Å². The Hall–Kier alpha value is -4.56. The standard InChI is InChI=1S/C20H22N4O10S.C2HF3O2/c1-33-11-7-35-17-12(16(27)24(17)13(11)19(30)31)23-15(26)14(25)8-3-2-4-9(5-8)22-20(32)34-6-10(21)18(28)29;3-2(4,5)1(6)7/h2-5,10,12,14,17,25H,6-7,21H2,1H3,(H,22,32)(H,23,26)(H,28,29)(H,30,31);(H,6,7)/t10-,12-,14-,17-;/m1./s1. The fourth-order valence-corrected chi connectivity index (χ4v) is 4.62. The van der Waals surface area contributed by atoms with Crippen molar-refractivity contribution in [3.63, 3.8) is 0 Å². The van der Waals surface area contributed by atoms with Crippen molar-refractivity contribution < 1.29 is 71.8 Å². The second-order valence-electron chi connectivity index (χ2n) is 8.18. The number of aliphatic carboxylic acids is 3. The summed E-state index contributed by atoms with van der Waals surface area (Å²) in [5.74, 6) is -6.69. The Labute approximate surface area is 237 Å². The Morgan fingerprint density at radius 3 is 2.33 bits per heavy atom. The van der Waals surface area contributed by atoms with Gasteiger partial charge in [0.15, 0.2) is 11.8 Å². The molecule has 0 aliphatic carbocycles. The van der Waals surface area contributed by atoms with Gasteiger partial charge in [-0.2, -0.15) is 13.2 Å². The maximum Gasteiger partial charge on any atom is 0.490 e. The van der Waals surface area contributed by atoms with Gasteiger partial charge in [0.1, 0.15) is 29.8 Å². The summed E-state index contributed by atoms with van der Waals surface area (Å²) in [6.07, 6.45) is -7.79. The number of rotatable bonds is 9. The maximum absolute atomic E-state index is 12.6. The van der Waals surface area contributed by atoms with E-state index in [0.29, 0.717) is 0 Å². The number of halogens is 3. The minimum atomic E-state index is -5.08. The highest BCUT2D eigenvalue weighted by Gasteiger charge is 2.55. The van der Waals surface area contributed by atoms with Gasteiger partial charge in [0.05, 0.1) is 12.9 Å². The van der Waals surface area contributed by atoms with Gasteiger partial charge in [-0.25, -0.2) is 14.4 Å². The molecule has 2 aliphatic heterocycles. The van der Waals surface area contributed by atoms with Crippen LogP contribution in [0.1, 0.15) is 11.7 Å². The van der Waals surface area contributed by atoms with Crippen molar-refractivity contribution in [1.29, 1.82) is 0 Å². The molecule has 0 unspecified atom stereocenters. The second-order valence-corrected chi connectivity index (χ2v) is 9.28. The zero-order valence-corrected chi connectivity index (χ0v) is 22.0. The number of carboxylic acid groups (broad SMARTS) is 3. The topological polar surface area (TPSA) is 255 Å². The van der Waals surface area contributed by atoms with Crippen molar-refractivity contribution in [2.24, 2.45) is 5.73 Å². The number of nitrogens with two attached hydrogens (primary N) is 1. The van der Waals surface area contributed by atoms with Gasteiger partial charge in [-0.1, -0.05) is 12.1 Å². The van der Waals surface area contributed by atoms with Crippen LogP contribution < -0.4 is 16.4 Å². The molecule has 1 fully saturated rings. The monoisotopic (exact) mass is 624 g/mol. The summed E-state index contributed by atoms with van der Waals surface area (Å²) in [6.45, 7) is -0.567. The average Bonchev–Trinajstić information content (AvgIpc) is 2.92. The summed E-state index contributed by atoms with van der Waals surface area (Å²) < 4.78 is 41.5. The molecule has 1 aromatic carbocycles. The van der Waals surface area contributed by atoms with Crippen LogP contribution in [-0.2, 0) is 33.4 Å². The molecule has 0 spiro atoms. The minimum absolute atomic E-state index is 0.0789. The van der Waals surface area contributed by atoms with Gasteiger partial charge in [-0.3, -0.25) is 24.6 Å². The molecule has 3 rings (SSSR count). The number of benzene rings is 1. The summed E-state index contributed by atoms with van der Waals surface area (Å²) in [4.78, 5) is 69.1. The smallest absolute Gasteiger partial charge is 0.490 e. The van der Waals surface area contributed by atoms with E-state index in [2.05, 4.69) is 10.6 Å². The van der Waals surface area contributed by atoms with E-state index < -0.39 is 72.2 Å². The molecular weight excluding hydrogens is 601 g/mol. The third-order valence-corrected chi connectivity index (χ3v) is 6.58. The van der Waals surface area contributed by atoms with Crippen LogP contribution in [0.3, 0.4) is 0 Å². The Balaban J connectivity index is 0.000000782. The molecule has 16 nitrogen and oxygen atoms in total. The number of fused-ring (bicyclic) bond motifs is 1. The van der Waals surface area contributed by atoms with Crippen LogP contribution in [0.25, 0.3) is 0 Å². The highest BCUT2D eigenvalue weighted by molar-refractivity contribution is 8.00. The number of hydrogen-bond acceptors (Lipinski definition) is 11. The molecule has 0 aromatic heterocycles.